The number of hydrogen-bond donors (Lipinski definition) is 1. The van der Waals surface area contributed by atoms with Gasteiger partial charge >= 0.3 is 0 Å². The molecule has 3 rings (SSSR count). The number of nitrogens with zero attached hydrogens (tertiary/aromatic N) is 2. The Balaban J connectivity index is 1.78. The zero-order chi connectivity index (χ0) is 17.3. The van der Waals surface area contributed by atoms with Crippen LogP contribution < -0.4 is 5.32 Å². The number of carbonyl (C=O) groups is 2. The van der Waals surface area contributed by atoms with Crippen molar-refractivity contribution in [1.82, 2.24) is 9.88 Å². The van der Waals surface area contributed by atoms with Crippen molar-refractivity contribution >= 4 is 51.5 Å². The minimum atomic E-state index is -0.531. The molecule has 2 heterocycles. The van der Waals surface area contributed by atoms with Gasteiger partial charge in [-0.3, -0.25) is 9.59 Å². The summed E-state index contributed by atoms with van der Waals surface area (Å²) in [5.41, 5.74) is 1.16. The quantitative estimate of drug-likeness (QED) is 0.870. The third kappa shape index (κ3) is 3.55. The summed E-state index contributed by atoms with van der Waals surface area (Å²) in [6.07, 6.45) is 1.37. The summed E-state index contributed by atoms with van der Waals surface area (Å²) < 4.78 is 0. The molecule has 8 heteroatoms. The standard InChI is InChI=1S/C16H15Cl2N3O2S/c1-9-8-24-16(19-9)20-14(22)13-3-2-6-21(13)15(23)11-7-10(17)4-5-12(11)18/h4-5,7-8,13H,2-3,6H2,1H3,(H,19,20,22)/t13-/m0/s1. The SMILES string of the molecule is Cc1csc(NC(=O)[C@@H]2CCCN2C(=O)c2cc(Cl)ccc2Cl)n1. The summed E-state index contributed by atoms with van der Waals surface area (Å²) in [4.78, 5) is 31.1. The molecule has 1 fully saturated rings. The predicted molar refractivity (Wildman–Crippen MR) is 96.0 cm³/mol. The number of carbonyl (C=O) groups excluding carboxylic acids is 2. The molecule has 1 atom stereocenters. The Kier molecular flexibility index (Phi) is 5.08. The molecule has 1 aliphatic rings. The molecule has 0 saturated carbocycles. The number of benzene rings is 1. The highest BCUT2D eigenvalue weighted by Crippen LogP contribution is 2.27. The van der Waals surface area contributed by atoms with Gasteiger partial charge in [-0.25, -0.2) is 4.98 Å². The van der Waals surface area contributed by atoms with Gasteiger partial charge in [0.1, 0.15) is 6.04 Å². The molecular formula is C16H15Cl2N3O2S. The van der Waals surface area contributed by atoms with Crippen LogP contribution in [0.4, 0.5) is 5.13 Å². The van der Waals surface area contributed by atoms with Crippen LogP contribution in [0, 0.1) is 6.92 Å². The predicted octanol–water partition coefficient (Wildman–Crippen LogP) is 4.00. The van der Waals surface area contributed by atoms with Gasteiger partial charge in [0.15, 0.2) is 5.13 Å². The molecule has 0 bridgehead atoms. The van der Waals surface area contributed by atoms with Gasteiger partial charge in [-0.2, -0.15) is 0 Å². The summed E-state index contributed by atoms with van der Waals surface area (Å²) in [5.74, 6) is -0.510. The molecule has 0 unspecified atom stereocenters. The van der Waals surface area contributed by atoms with E-state index in [1.165, 1.54) is 17.4 Å². The molecule has 2 amide bonds. The Bertz CT molecular complexity index is 793. The van der Waals surface area contributed by atoms with Crippen LogP contribution in [0.3, 0.4) is 0 Å². The molecule has 126 valence electrons. The van der Waals surface area contributed by atoms with Crippen LogP contribution in [0.2, 0.25) is 10.0 Å². The van der Waals surface area contributed by atoms with Crippen LogP contribution in [-0.2, 0) is 4.79 Å². The first-order valence-corrected chi connectivity index (χ1v) is 9.08. The number of anilines is 1. The zero-order valence-electron chi connectivity index (χ0n) is 12.9. The van der Waals surface area contributed by atoms with Crippen molar-refractivity contribution in [1.29, 1.82) is 0 Å². The second-order valence-corrected chi connectivity index (χ2v) is 7.27. The summed E-state index contributed by atoms with van der Waals surface area (Å²) in [6, 6.07) is 4.21. The molecule has 0 spiro atoms. The normalized spacial score (nSPS) is 17.1. The van der Waals surface area contributed by atoms with E-state index in [0.717, 1.165) is 12.1 Å². The fourth-order valence-corrected chi connectivity index (χ4v) is 3.76. The number of aryl methyl sites for hydroxylation is 1. The molecule has 1 aromatic carbocycles. The molecule has 1 saturated heterocycles. The Morgan fingerprint density at radius 2 is 2.17 bits per heavy atom. The number of nitrogens with one attached hydrogen (secondary N) is 1. The van der Waals surface area contributed by atoms with Crippen LogP contribution in [0.1, 0.15) is 28.9 Å². The number of hydrogen-bond acceptors (Lipinski definition) is 4. The van der Waals surface area contributed by atoms with Crippen molar-refractivity contribution < 1.29 is 9.59 Å². The molecule has 2 aromatic rings. The van der Waals surface area contributed by atoms with Crippen molar-refractivity contribution in [3.05, 3.63) is 44.9 Å². The number of likely N-dealkylation sites (tertiary alicyclic amines) is 1. The number of rotatable bonds is 3. The molecule has 1 N–H and O–H groups in total. The second kappa shape index (κ2) is 7.09. The van der Waals surface area contributed by atoms with Gasteiger partial charge in [0, 0.05) is 16.9 Å². The monoisotopic (exact) mass is 383 g/mol. The molecular weight excluding hydrogens is 369 g/mol. The van der Waals surface area contributed by atoms with E-state index in [9.17, 15) is 9.59 Å². The van der Waals surface area contributed by atoms with Gasteiger partial charge in [0.2, 0.25) is 5.91 Å². The highest BCUT2D eigenvalue weighted by molar-refractivity contribution is 7.13. The Morgan fingerprint density at radius 3 is 2.88 bits per heavy atom. The van der Waals surface area contributed by atoms with E-state index in [1.807, 2.05) is 12.3 Å². The van der Waals surface area contributed by atoms with E-state index in [2.05, 4.69) is 10.3 Å². The lowest BCUT2D eigenvalue weighted by atomic mass is 10.1. The van der Waals surface area contributed by atoms with Crippen molar-refractivity contribution in [3.8, 4) is 0 Å². The number of aromatic nitrogens is 1. The van der Waals surface area contributed by atoms with Gasteiger partial charge in [-0.05, 0) is 38.0 Å². The van der Waals surface area contributed by atoms with Gasteiger partial charge in [0.25, 0.3) is 5.91 Å². The summed E-state index contributed by atoms with van der Waals surface area (Å²) in [7, 11) is 0. The average molecular weight is 384 g/mol. The van der Waals surface area contributed by atoms with E-state index in [-0.39, 0.29) is 11.8 Å². The van der Waals surface area contributed by atoms with E-state index < -0.39 is 6.04 Å². The molecule has 1 aliphatic heterocycles. The Labute approximate surface area is 153 Å². The lowest BCUT2D eigenvalue weighted by Crippen LogP contribution is -2.43. The maximum absolute atomic E-state index is 12.8. The number of halogens is 2. The zero-order valence-corrected chi connectivity index (χ0v) is 15.2. The highest BCUT2D eigenvalue weighted by Gasteiger charge is 2.35. The van der Waals surface area contributed by atoms with Crippen LogP contribution in [0.25, 0.3) is 0 Å². The minimum absolute atomic E-state index is 0.228. The molecule has 0 radical (unpaired) electrons. The smallest absolute Gasteiger partial charge is 0.256 e. The third-order valence-corrected chi connectivity index (χ3v) is 5.26. The van der Waals surface area contributed by atoms with Gasteiger partial charge < -0.3 is 10.2 Å². The lowest BCUT2D eigenvalue weighted by molar-refractivity contribution is -0.119. The van der Waals surface area contributed by atoms with E-state index in [4.69, 9.17) is 23.2 Å². The molecule has 24 heavy (non-hydrogen) atoms. The fraction of sp³-hybridized carbons (Fsp3) is 0.312. The van der Waals surface area contributed by atoms with Crippen LogP contribution >= 0.6 is 34.5 Å². The maximum Gasteiger partial charge on any atom is 0.256 e. The topological polar surface area (TPSA) is 62.3 Å². The molecule has 0 aliphatic carbocycles. The van der Waals surface area contributed by atoms with Crippen molar-refractivity contribution in [2.75, 3.05) is 11.9 Å². The maximum atomic E-state index is 12.8. The Hall–Kier alpha value is -1.63. The van der Waals surface area contributed by atoms with Gasteiger partial charge in [-0.15, -0.1) is 11.3 Å². The van der Waals surface area contributed by atoms with Gasteiger partial charge in [-0.1, -0.05) is 23.2 Å². The first-order valence-electron chi connectivity index (χ1n) is 7.44. The third-order valence-electron chi connectivity index (χ3n) is 3.82. The first-order chi connectivity index (χ1) is 11.5. The minimum Gasteiger partial charge on any atom is -0.327 e. The van der Waals surface area contributed by atoms with Crippen molar-refractivity contribution in [2.24, 2.45) is 0 Å². The fourth-order valence-electron chi connectivity index (χ4n) is 2.70. The van der Waals surface area contributed by atoms with Crippen molar-refractivity contribution in [2.45, 2.75) is 25.8 Å². The highest BCUT2D eigenvalue weighted by atomic mass is 35.5. The number of amides is 2. The van der Waals surface area contributed by atoms with E-state index in [0.29, 0.717) is 33.7 Å². The van der Waals surface area contributed by atoms with Gasteiger partial charge in [0.05, 0.1) is 16.3 Å². The van der Waals surface area contributed by atoms with Crippen LogP contribution in [0.15, 0.2) is 23.6 Å². The summed E-state index contributed by atoms with van der Waals surface area (Å²) in [6.45, 7) is 2.37. The Morgan fingerprint density at radius 1 is 1.38 bits per heavy atom. The summed E-state index contributed by atoms with van der Waals surface area (Å²) >= 11 is 13.4. The first kappa shape index (κ1) is 17.2. The van der Waals surface area contributed by atoms with Crippen molar-refractivity contribution in [3.63, 3.8) is 0 Å². The number of thiazole rings is 1. The van der Waals surface area contributed by atoms with Crippen LogP contribution in [0.5, 0.6) is 0 Å². The lowest BCUT2D eigenvalue weighted by Gasteiger charge is -2.24. The van der Waals surface area contributed by atoms with Crippen LogP contribution in [-0.4, -0.2) is 34.3 Å². The average Bonchev–Trinajstić information content (AvgIpc) is 3.18. The molecule has 5 nitrogen and oxygen atoms in total. The second-order valence-electron chi connectivity index (χ2n) is 5.56. The summed E-state index contributed by atoms with van der Waals surface area (Å²) in [5, 5.41) is 5.94. The molecule has 1 aromatic heterocycles. The van der Waals surface area contributed by atoms with E-state index in [1.54, 1.807) is 17.0 Å². The van der Waals surface area contributed by atoms with E-state index >= 15 is 0 Å². The largest absolute Gasteiger partial charge is 0.327 e.